The summed E-state index contributed by atoms with van der Waals surface area (Å²) in [6.45, 7) is 0. The van der Waals surface area contributed by atoms with E-state index in [2.05, 4.69) is 5.10 Å². The van der Waals surface area contributed by atoms with Crippen LogP contribution in [0.15, 0.2) is 30.6 Å². The minimum Gasteiger partial charge on any atom is -0.396 e. The normalized spacial score (nSPS) is 11.8. The number of alkyl halides is 3. The fourth-order valence-electron chi connectivity index (χ4n) is 1.33. The molecule has 0 aliphatic heterocycles. The molecule has 0 unspecified atom stereocenters. The SMILES string of the molecule is Nc1cnn(-c2cc(C(F)(F)F)ccc2Cl)c1. The largest absolute Gasteiger partial charge is 0.416 e. The van der Waals surface area contributed by atoms with Gasteiger partial charge in [0.2, 0.25) is 0 Å². The molecule has 0 radical (unpaired) electrons. The van der Waals surface area contributed by atoms with Crippen molar-refractivity contribution in [2.75, 3.05) is 5.73 Å². The van der Waals surface area contributed by atoms with Crippen molar-refractivity contribution in [3.63, 3.8) is 0 Å². The fraction of sp³-hybridized carbons (Fsp3) is 0.100. The van der Waals surface area contributed by atoms with E-state index < -0.39 is 11.7 Å². The van der Waals surface area contributed by atoms with Crippen molar-refractivity contribution in [3.05, 3.63) is 41.2 Å². The number of nitrogen functional groups attached to an aromatic ring is 1. The van der Waals surface area contributed by atoms with Crippen molar-refractivity contribution in [1.29, 1.82) is 0 Å². The van der Waals surface area contributed by atoms with Crippen molar-refractivity contribution in [3.8, 4) is 5.69 Å². The third-order valence-electron chi connectivity index (χ3n) is 2.12. The number of nitrogens with zero attached hydrogens (tertiary/aromatic N) is 2. The van der Waals surface area contributed by atoms with Crippen LogP contribution in [-0.4, -0.2) is 9.78 Å². The summed E-state index contributed by atoms with van der Waals surface area (Å²) in [5.41, 5.74) is 5.14. The number of halogens is 4. The highest BCUT2D eigenvalue weighted by Crippen LogP contribution is 2.33. The predicted octanol–water partition coefficient (Wildman–Crippen LogP) is 3.13. The molecule has 0 atom stereocenters. The van der Waals surface area contributed by atoms with Gasteiger partial charge in [-0.15, -0.1) is 0 Å². The molecule has 1 aromatic carbocycles. The molecular formula is C10H7ClF3N3. The highest BCUT2D eigenvalue weighted by atomic mass is 35.5. The van der Waals surface area contributed by atoms with Crippen molar-refractivity contribution in [2.24, 2.45) is 0 Å². The molecule has 0 aliphatic rings. The number of anilines is 1. The van der Waals surface area contributed by atoms with Gasteiger partial charge in [0.25, 0.3) is 0 Å². The molecule has 1 heterocycles. The van der Waals surface area contributed by atoms with Crippen LogP contribution in [0.3, 0.4) is 0 Å². The Balaban J connectivity index is 2.54. The molecule has 0 bridgehead atoms. The molecule has 7 heteroatoms. The standard InChI is InChI=1S/C10H7ClF3N3/c11-8-2-1-6(10(12,13)14)3-9(8)17-5-7(15)4-16-17/h1-5H,15H2. The molecule has 2 rings (SSSR count). The van der Waals surface area contributed by atoms with Crippen LogP contribution in [0, 0.1) is 0 Å². The zero-order chi connectivity index (χ0) is 12.6. The lowest BCUT2D eigenvalue weighted by Gasteiger charge is -2.10. The van der Waals surface area contributed by atoms with Crippen LogP contribution >= 0.6 is 11.6 Å². The second-order valence-corrected chi connectivity index (χ2v) is 3.79. The maximum atomic E-state index is 12.5. The van der Waals surface area contributed by atoms with Crippen molar-refractivity contribution >= 4 is 17.3 Å². The third kappa shape index (κ3) is 2.36. The van der Waals surface area contributed by atoms with E-state index in [1.165, 1.54) is 23.1 Å². The van der Waals surface area contributed by atoms with Gasteiger partial charge in [0.05, 0.1) is 34.4 Å². The number of aromatic nitrogens is 2. The molecule has 0 aliphatic carbocycles. The molecule has 2 aromatic rings. The third-order valence-corrected chi connectivity index (χ3v) is 2.44. The summed E-state index contributed by atoms with van der Waals surface area (Å²) < 4.78 is 38.8. The Morgan fingerprint density at radius 1 is 1.29 bits per heavy atom. The zero-order valence-electron chi connectivity index (χ0n) is 8.37. The summed E-state index contributed by atoms with van der Waals surface area (Å²) in [4.78, 5) is 0. The highest BCUT2D eigenvalue weighted by molar-refractivity contribution is 6.32. The summed E-state index contributed by atoms with van der Waals surface area (Å²) >= 11 is 5.82. The molecule has 0 amide bonds. The van der Waals surface area contributed by atoms with E-state index in [0.29, 0.717) is 5.69 Å². The summed E-state index contributed by atoms with van der Waals surface area (Å²) in [6.07, 6.45) is -1.70. The average molecular weight is 262 g/mol. The monoisotopic (exact) mass is 261 g/mol. The number of benzene rings is 1. The summed E-state index contributed by atoms with van der Waals surface area (Å²) in [6, 6.07) is 3.02. The Labute approximate surface area is 99.6 Å². The van der Waals surface area contributed by atoms with Crippen molar-refractivity contribution in [2.45, 2.75) is 6.18 Å². The van der Waals surface area contributed by atoms with E-state index in [0.717, 1.165) is 12.1 Å². The Morgan fingerprint density at radius 3 is 2.53 bits per heavy atom. The highest BCUT2D eigenvalue weighted by Gasteiger charge is 2.31. The number of nitrogens with two attached hydrogens (primary N) is 1. The first-order valence-electron chi connectivity index (χ1n) is 4.55. The molecule has 90 valence electrons. The smallest absolute Gasteiger partial charge is 0.396 e. The Kier molecular flexibility index (Phi) is 2.74. The second kappa shape index (κ2) is 3.96. The molecule has 0 saturated carbocycles. The predicted molar refractivity (Wildman–Crippen MR) is 58.0 cm³/mol. The first-order chi connectivity index (χ1) is 7.88. The van der Waals surface area contributed by atoms with Gasteiger partial charge in [-0.25, -0.2) is 4.68 Å². The van der Waals surface area contributed by atoms with E-state index in [1.54, 1.807) is 0 Å². The van der Waals surface area contributed by atoms with E-state index in [1.807, 2.05) is 0 Å². The lowest BCUT2D eigenvalue weighted by atomic mass is 10.2. The van der Waals surface area contributed by atoms with Crippen LogP contribution in [0.25, 0.3) is 5.69 Å². The van der Waals surface area contributed by atoms with E-state index in [-0.39, 0.29) is 10.7 Å². The molecule has 1 aromatic heterocycles. The van der Waals surface area contributed by atoms with E-state index in [9.17, 15) is 13.2 Å². The Morgan fingerprint density at radius 2 is 2.00 bits per heavy atom. The van der Waals surface area contributed by atoms with Gasteiger partial charge in [-0.2, -0.15) is 18.3 Å². The lowest BCUT2D eigenvalue weighted by molar-refractivity contribution is -0.137. The van der Waals surface area contributed by atoms with E-state index in [4.69, 9.17) is 17.3 Å². The van der Waals surface area contributed by atoms with Crippen molar-refractivity contribution in [1.82, 2.24) is 9.78 Å². The number of rotatable bonds is 1. The van der Waals surface area contributed by atoms with Crippen LogP contribution in [0.5, 0.6) is 0 Å². The maximum Gasteiger partial charge on any atom is 0.416 e. The minimum atomic E-state index is -4.42. The first-order valence-corrected chi connectivity index (χ1v) is 4.93. The van der Waals surface area contributed by atoms with Crippen LogP contribution in [-0.2, 0) is 6.18 Å². The quantitative estimate of drug-likeness (QED) is 0.857. The van der Waals surface area contributed by atoms with Crippen LogP contribution in [0.4, 0.5) is 18.9 Å². The molecule has 3 nitrogen and oxygen atoms in total. The van der Waals surface area contributed by atoms with Gasteiger partial charge in [0.1, 0.15) is 0 Å². The molecule has 0 spiro atoms. The maximum absolute atomic E-state index is 12.5. The average Bonchev–Trinajstić information content (AvgIpc) is 2.63. The molecule has 0 fully saturated rings. The zero-order valence-corrected chi connectivity index (χ0v) is 9.13. The summed E-state index contributed by atoms with van der Waals surface area (Å²) in [7, 11) is 0. The molecule has 17 heavy (non-hydrogen) atoms. The summed E-state index contributed by atoms with van der Waals surface area (Å²) in [5, 5.41) is 3.98. The van der Waals surface area contributed by atoms with Gasteiger partial charge >= 0.3 is 6.18 Å². The molecule has 0 saturated heterocycles. The van der Waals surface area contributed by atoms with Crippen LogP contribution in [0.1, 0.15) is 5.56 Å². The summed E-state index contributed by atoms with van der Waals surface area (Å²) in [5.74, 6) is 0. The Bertz CT molecular complexity index is 548. The first kappa shape index (κ1) is 11.8. The van der Waals surface area contributed by atoms with Crippen molar-refractivity contribution < 1.29 is 13.2 Å². The lowest BCUT2D eigenvalue weighted by Crippen LogP contribution is -2.06. The van der Waals surface area contributed by atoms with Gasteiger partial charge in [-0.05, 0) is 18.2 Å². The van der Waals surface area contributed by atoms with Crippen LogP contribution in [0.2, 0.25) is 5.02 Å². The Hall–Kier alpha value is -1.69. The molecular weight excluding hydrogens is 255 g/mol. The van der Waals surface area contributed by atoms with Gasteiger partial charge in [0, 0.05) is 0 Å². The van der Waals surface area contributed by atoms with Crippen LogP contribution < -0.4 is 5.73 Å². The van der Waals surface area contributed by atoms with Gasteiger partial charge in [-0.3, -0.25) is 0 Å². The number of hydrogen-bond donors (Lipinski definition) is 1. The second-order valence-electron chi connectivity index (χ2n) is 3.38. The van der Waals surface area contributed by atoms with Gasteiger partial charge in [0.15, 0.2) is 0 Å². The number of hydrogen-bond acceptors (Lipinski definition) is 2. The van der Waals surface area contributed by atoms with E-state index >= 15 is 0 Å². The van der Waals surface area contributed by atoms with Gasteiger partial charge in [-0.1, -0.05) is 11.6 Å². The fourth-order valence-corrected chi connectivity index (χ4v) is 1.54. The molecule has 2 N–H and O–H groups in total. The minimum absolute atomic E-state index is 0.137. The topological polar surface area (TPSA) is 43.8 Å². The van der Waals surface area contributed by atoms with Gasteiger partial charge < -0.3 is 5.73 Å².